The van der Waals surface area contributed by atoms with E-state index in [9.17, 15) is 4.79 Å². The van der Waals surface area contributed by atoms with Gasteiger partial charge in [-0.05, 0) is 43.9 Å². The van der Waals surface area contributed by atoms with Gasteiger partial charge in [-0.3, -0.25) is 0 Å². The van der Waals surface area contributed by atoms with Crippen LogP contribution in [0.5, 0.6) is 0 Å². The monoisotopic (exact) mass is 196 g/mol. The molecule has 0 aliphatic heterocycles. The van der Waals surface area contributed by atoms with E-state index in [1.54, 1.807) is 4.90 Å². The van der Waals surface area contributed by atoms with Crippen molar-refractivity contribution in [3.63, 3.8) is 0 Å². The summed E-state index contributed by atoms with van der Waals surface area (Å²) in [6.45, 7) is 3.68. The SMILES string of the molecule is CCN(C)C(=O)NCC1(C2CC2)CC1. The molecule has 0 heterocycles. The van der Waals surface area contributed by atoms with Crippen molar-refractivity contribution in [3.05, 3.63) is 0 Å². The summed E-state index contributed by atoms with van der Waals surface area (Å²) in [6, 6.07) is 0.0828. The fourth-order valence-corrected chi connectivity index (χ4v) is 2.12. The van der Waals surface area contributed by atoms with Crippen molar-refractivity contribution >= 4 is 6.03 Å². The van der Waals surface area contributed by atoms with E-state index in [-0.39, 0.29) is 6.03 Å². The quantitative estimate of drug-likeness (QED) is 0.731. The third-order valence-corrected chi connectivity index (χ3v) is 3.75. The van der Waals surface area contributed by atoms with Gasteiger partial charge in [-0.15, -0.1) is 0 Å². The molecule has 2 fully saturated rings. The highest BCUT2D eigenvalue weighted by Gasteiger charge is 2.53. The number of carbonyl (C=O) groups excluding carboxylic acids is 1. The van der Waals surface area contributed by atoms with E-state index in [1.807, 2.05) is 14.0 Å². The molecule has 0 aromatic rings. The predicted octanol–water partition coefficient (Wildman–Crippen LogP) is 1.84. The molecular weight excluding hydrogens is 176 g/mol. The maximum Gasteiger partial charge on any atom is 0.317 e. The highest BCUT2D eigenvalue weighted by molar-refractivity contribution is 5.73. The van der Waals surface area contributed by atoms with Gasteiger partial charge < -0.3 is 10.2 Å². The van der Waals surface area contributed by atoms with Crippen LogP contribution < -0.4 is 5.32 Å². The molecule has 0 atom stereocenters. The van der Waals surface area contributed by atoms with Crippen LogP contribution in [0.4, 0.5) is 4.79 Å². The third kappa shape index (κ3) is 1.86. The molecule has 2 aliphatic carbocycles. The molecule has 0 aromatic heterocycles. The molecule has 1 N–H and O–H groups in total. The molecule has 0 aromatic carbocycles. The lowest BCUT2D eigenvalue weighted by Crippen LogP contribution is -2.40. The lowest BCUT2D eigenvalue weighted by Gasteiger charge is -2.19. The minimum atomic E-state index is 0.0828. The Bertz CT molecular complexity index is 231. The molecule has 14 heavy (non-hydrogen) atoms. The summed E-state index contributed by atoms with van der Waals surface area (Å²) in [7, 11) is 1.84. The zero-order valence-electron chi connectivity index (χ0n) is 9.18. The highest BCUT2D eigenvalue weighted by atomic mass is 16.2. The summed E-state index contributed by atoms with van der Waals surface area (Å²) in [6.07, 6.45) is 5.43. The van der Waals surface area contributed by atoms with Gasteiger partial charge in [-0.25, -0.2) is 4.79 Å². The second-order valence-electron chi connectivity index (χ2n) is 4.81. The van der Waals surface area contributed by atoms with Crippen molar-refractivity contribution < 1.29 is 4.79 Å². The van der Waals surface area contributed by atoms with Gasteiger partial charge in [0, 0.05) is 20.1 Å². The van der Waals surface area contributed by atoms with E-state index in [0.29, 0.717) is 5.41 Å². The summed E-state index contributed by atoms with van der Waals surface area (Å²) >= 11 is 0. The maximum atomic E-state index is 11.5. The van der Waals surface area contributed by atoms with Crippen LogP contribution in [0, 0.1) is 11.3 Å². The zero-order chi connectivity index (χ0) is 10.2. The van der Waals surface area contributed by atoms with Crippen molar-refractivity contribution in [2.24, 2.45) is 11.3 Å². The normalized spacial score (nSPS) is 23.0. The molecule has 0 bridgehead atoms. The Labute approximate surface area is 85.8 Å². The van der Waals surface area contributed by atoms with Crippen LogP contribution in [-0.4, -0.2) is 31.1 Å². The average molecular weight is 196 g/mol. The topological polar surface area (TPSA) is 32.3 Å². The first-order valence-corrected chi connectivity index (χ1v) is 5.67. The van der Waals surface area contributed by atoms with Crippen molar-refractivity contribution in [3.8, 4) is 0 Å². The van der Waals surface area contributed by atoms with E-state index < -0.39 is 0 Å². The lowest BCUT2D eigenvalue weighted by atomic mass is 10.0. The molecule has 0 radical (unpaired) electrons. The van der Waals surface area contributed by atoms with Gasteiger partial charge in [0.15, 0.2) is 0 Å². The minimum absolute atomic E-state index is 0.0828. The maximum absolute atomic E-state index is 11.5. The Balaban J connectivity index is 1.74. The Morgan fingerprint density at radius 3 is 2.57 bits per heavy atom. The standard InChI is InChI=1S/C11H20N2O/c1-3-13(2)10(14)12-8-11(6-7-11)9-4-5-9/h9H,3-8H2,1-2H3,(H,12,14). The fraction of sp³-hybridized carbons (Fsp3) is 0.909. The van der Waals surface area contributed by atoms with E-state index in [2.05, 4.69) is 5.32 Å². The third-order valence-electron chi connectivity index (χ3n) is 3.75. The first-order chi connectivity index (χ1) is 6.68. The summed E-state index contributed by atoms with van der Waals surface area (Å²) in [5, 5.41) is 3.04. The number of urea groups is 1. The molecule has 0 unspecified atom stereocenters. The van der Waals surface area contributed by atoms with E-state index in [4.69, 9.17) is 0 Å². The van der Waals surface area contributed by atoms with E-state index in [0.717, 1.165) is 19.0 Å². The van der Waals surface area contributed by atoms with Crippen molar-refractivity contribution in [2.75, 3.05) is 20.1 Å². The second-order valence-corrected chi connectivity index (χ2v) is 4.81. The molecule has 2 saturated carbocycles. The lowest BCUT2D eigenvalue weighted by molar-refractivity contribution is 0.207. The number of hydrogen-bond acceptors (Lipinski definition) is 1. The van der Waals surface area contributed by atoms with Gasteiger partial charge >= 0.3 is 6.03 Å². The summed E-state index contributed by atoms with van der Waals surface area (Å²) in [4.78, 5) is 13.2. The Hall–Kier alpha value is -0.730. The van der Waals surface area contributed by atoms with Crippen molar-refractivity contribution in [1.82, 2.24) is 10.2 Å². The van der Waals surface area contributed by atoms with Crippen LogP contribution in [0.2, 0.25) is 0 Å². The molecule has 3 nitrogen and oxygen atoms in total. The van der Waals surface area contributed by atoms with E-state index in [1.165, 1.54) is 25.7 Å². The van der Waals surface area contributed by atoms with Crippen LogP contribution in [0.3, 0.4) is 0 Å². The summed E-state index contributed by atoms with van der Waals surface area (Å²) < 4.78 is 0. The molecule has 3 heteroatoms. The van der Waals surface area contributed by atoms with Crippen LogP contribution >= 0.6 is 0 Å². The van der Waals surface area contributed by atoms with Gasteiger partial charge in [-0.2, -0.15) is 0 Å². The molecule has 2 aliphatic rings. The van der Waals surface area contributed by atoms with Gasteiger partial charge in [0.05, 0.1) is 0 Å². The first-order valence-electron chi connectivity index (χ1n) is 5.67. The van der Waals surface area contributed by atoms with Crippen LogP contribution in [0.1, 0.15) is 32.6 Å². The van der Waals surface area contributed by atoms with Gasteiger partial charge in [0.2, 0.25) is 0 Å². The van der Waals surface area contributed by atoms with Gasteiger partial charge in [-0.1, -0.05) is 0 Å². The van der Waals surface area contributed by atoms with Gasteiger partial charge in [0.25, 0.3) is 0 Å². The first kappa shape index (κ1) is 9.81. The smallest absolute Gasteiger partial charge is 0.317 e. The molecule has 80 valence electrons. The molecule has 2 rings (SSSR count). The summed E-state index contributed by atoms with van der Waals surface area (Å²) in [5.74, 6) is 0.926. The van der Waals surface area contributed by atoms with Crippen LogP contribution in [-0.2, 0) is 0 Å². The number of nitrogens with zero attached hydrogens (tertiary/aromatic N) is 1. The zero-order valence-corrected chi connectivity index (χ0v) is 9.18. The number of carbonyl (C=O) groups is 1. The van der Waals surface area contributed by atoms with Crippen LogP contribution in [0.25, 0.3) is 0 Å². The second kappa shape index (κ2) is 3.44. The molecular formula is C11H20N2O. The van der Waals surface area contributed by atoms with E-state index >= 15 is 0 Å². The molecule has 0 saturated heterocycles. The number of nitrogens with one attached hydrogen (secondary N) is 1. The number of rotatable bonds is 4. The van der Waals surface area contributed by atoms with Crippen molar-refractivity contribution in [1.29, 1.82) is 0 Å². The average Bonchev–Trinajstić information content (AvgIpc) is 3.03. The summed E-state index contributed by atoms with van der Waals surface area (Å²) in [5.41, 5.74) is 0.518. The Kier molecular flexibility index (Phi) is 2.41. The Morgan fingerprint density at radius 1 is 1.50 bits per heavy atom. The predicted molar refractivity (Wildman–Crippen MR) is 56.1 cm³/mol. The minimum Gasteiger partial charge on any atom is -0.337 e. The van der Waals surface area contributed by atoms with Crippen LogP contribution in [0.15, 0.2) is 0 Å². The van der Waals surface area contributed by atoms with Crippen molar-refractivity contribution in [2.45, 2.75) is 32.6 Å². The molecule has 0 spiro atoms. The van der Waals surface area contributed by atoms with Gasteiger partial charge in [0.1, 0.15) is 0 Å². The number of hydrogen-bond donors (Lipinski definition) is 1. The largest absolute Gasteiger partial charge is 0.337 e. The highest BCUT2D eigenvalue weighted by Crippen LogP contribution is 2.60. The molecule has 2 amide bonds. The number of amides is 2. The fourth-order valence-electron chi connectivity index (χ4n) is 2.12. The Morgan fingerprint density at radius 2 is 2.14 bits per heavy atom.